The van der Waals surface area contributed by atoms with Crippen molar-refractivity contribution in [1.82, 2.24) is 9.88 Å². The van der Waals surface area contributed by atoms with E-state index in [4.69, 9.17) is 9.90 Å². The van der Waals surface area contributed by atoms with Crippen molar-refractivity contribution in [3.05, 3.63) is 59.9 Å². The molecule has 1 amide bonds. The Hall–Kier alpha value is -3.61. The molecule has 2 N–H and O–H groups in total. The molecule has 13 heteroatoms. The van der Waals surface area contributed by atoms with Crippen molar-refractivity contribution in [2.24, 2.45) is 0 Å². The van der Waals surface area contributed by atoms with Gasteiger partial charge in [0, 0.05) is 49.3 Å². The monoisotopic (exact) mass is 558 g/mol. The smallest absolute Gasteiger partial charge is 0.475 e. The average Bonchev–Trinajstić information content (AvgIpc) is 3.52. The Morgan fingerprint density at radius 1 is 1.10 bits per heavy atom. The van der Waals surface area contributed by atoms with Crippen LogP contribution in [0.2, 0.25) is 0 Å². The minimum Gasteiger partial charge on any atom is -0.475 e. The van der Waals surface area contributed by atoms with Crippen LogP contribution in [0.5, 0.6) is 0 Å². The van der Waals surface area contributed by atoms with E-state index >= 15 is 0 Å². The largest absolute Gasteiger partial charge is 0.490 e. The summed E-state index contributed by atoms with van der Waals surface area (Å²) in [6, 6.07) is 8.52. The quantitative estimate of drug-likeness (QED) is 0.375. The second kappa shape index (κ2) is 12.5. The number of alkyl halides is 6. The van der Waals surface area contributed by atoms with Gasteiger partial charge in [0.05, 0.1) is 11.3 Å². The first-order valence-corrected chi connectivity index (χ1v) is 12.2. The van der Waals surface area contributed by atoms with E-state index in [9.17, 15) is 31.1 Å². The van der Waals surface area contributed by atoms with Crippen molar-refractivity contribution < 1.29 is 41.0 Å². The van der Waals surface area contributed by atoms with E-state index in [1.165, 1.54) is 31.1 Å². The molecule has 2 fully saturated rings. The van der Waals surface area contributed by atoms with E-state index in [0.29, 0.717) is 23.3 Å². The number of benzene rings is 1. The summed E-state index contributed by atoms with van der Waals surface area (Å²) >= 11 is 0. The summed E-state index contributed by atoms with van der Waals surface area (Å²) in [6.45, 7) is 4.73. The number of nitrogens with one attached hydrogen (secondary N) is 1. The number of carbonyl (C=O) groups is 2. The van der Waals surface area contributed by atoms with Gasteiger partial charge in [0.1, 0.15) is 0 Å². The van der Waals surface area contributed by atoms with Crippen LogP contribution in [-0.4, -0.2) is 64.8 Å². The fraction of sp³-hybridized carbons (Fsp3) is 0.423. The molecule has 0 bridgehead atoms. The summed E-state index contributed by atoms with van der Waals surface area (Å²) in [7, 11) is 0. The van der Waals surface area contributed by atoms with Crippen LogP contribution in [0.1, 0.15) is 37.3 Å². The number of pyridine rings is 1. The first-order chi connectivity index (χ1) is 18.3. The molecule has 2 aliphatic rings. The van der Waals surface area contributed by atoms with E-state index in [0.717, 1.165) is 32.1 Å². The molecule has 39 heavy (non-hydrogen) atoms. The van der Waals surface area contributed by atoms with Gasteiger partial charge in [-0.15, -0.1) is 0 Å². The normalized spacial score (nSPS) is 20.1. The predicted octanol–water partition coefficient (Wildman–Crippen LogP) is 5.45. The lowest BCUT2D eigenvalue weighted by molar-refractivity contribution is -0.192. The fourth-order valence-electron chi connectivity index (χ4n) is 4.64. The van der Waals surface area contributed by atoms with Crippen LogP contribution in [0.15, 0.2) is 48.8 Å². The summed E-state index contributed by atoms with van der Waals surface area (Å²) in [5.41, 5.74) is 0.141. The summed E-state index contributed by atoms with van der Waals surface area (Å²) in [6.07, 6.45) is -0.481. The lowest BCUT2D eigenvalue weighted by Gasteiger charge is -2.29. The lowest BCUT2D eigenvalue weighted by Crippen LogP contribution is -2.39. The zero-order valence-corrected chi connectivity index (χ0v) is 21.0. The highest BCUT2D eigenvalue weighted by molar-refractivity contribution is 6.02. The first-order valence-electron chi connectivity index (χ1n) is 12.2. The van der Waals surface area contributed by atoms with Gasteiger partial charge in [-0.1, -0.05) is 6.07 Å². The van der Waals surface area contributed by atoms with Gasteiger partial charge in [0.15, 0.2) is 0 Å². The molecule has 1 aromatic carbocycles. The molecule has 0 aliphatic carbocycles. The zero-order chi connectivity index (χ0) is 28.8. The van der Waals surface area contributed by atoms with Crippen molar-refractivity contribution in [3.8, 4) is 0 Å². The topological polar surface area (TPSA) is 85.8 Å². The molecule has 4 rings (SSSR count). The van der Waals surface area contributed by atoms with E-state index in [1.807, 2.05) is 4.90 Å². The minimum absolute atomic E-state index is 0.244. The highest BCUT2D eigenvalue weighted by Crippen LogP contribution is 2.38. The number of carbonyl (C=O) groups excluding carboxylic acids is 1. The average molecular weight is 559 g/mol. The third-order valence-corrected chi connectivity index (χ3v) is 6.52. The Balaban J connectivity index is 0.000000532. The molecule has 2 saturated heterocycles. The maximum atomic E-state index is 13.8. The maximum absolute atomic E-state index is 13.8. The summed E-state index contributed by atoms with van der Waals surface area (Å²) in [5, 5.41) is 9.50. The number of aromatic nitrogens is 1. The Labute approximate surface area is 221 Å². The van der Waals surface area contributed by atoms with Crippen LogP contribution >= 0.6 is 0 Å². The fourth-order valence-corrected chi connectivity index (χ4v) is 4.64. The van der Waals surface area contributed by atoms with Gasteiger partial charge in [-0.3, -0.25) is 14.7 Å². The number of rotatable bonds is 5. The summed E-state index contributed by atoms with van der Waals surface area (Å²) < 4.78 is 73.1. The molecule has 7 nitrogen and oxygen atoms in total. The Kier molecular flexibility index (Phi) is 9.59. The highest BCUT2D eigenvalue weighted by Gasteiger charge is 2.38. The number of likely N-dealkylation sites (tertiary alicyclic amines) is 1. The maximum Gasteiger partial charge on any atom is 0.490 e. The minimum atomic E-state index is -5.08. The van der Waals surface area contributed by atoms with Crippen molar-refractivity contribution in [1.29, 1.82) is 0 Å². The molecule has 2 aliphatic heterocycles. The predicted molar refractivity (Wildman–Crippen MR) is 133 cm³/mol. The van der Waals surface area contributed by atoms with Gasteiger partial charge in [0.25, 0.3) is 0 Å². The van der Waals surface area contributed by atoms with E-state index in [2.05, 4.69) is 22.1 Å². The van der Waals surface area contributed by atoms with Crippen LogP contribution in [0, 0.1) is 0 Å². The number of amides is 1. The highest BCUT2D eigenvalue weighted by atomic mass is 19.4. The molecule has 3 heterocycles. The van der Waals surface area contributed by atoms with Crippen LogP contribution in [0.3, 0.4) is 0 Å². The van der Waals surface area contributed by atoms with Gasteiger partial charge < -0.3 is 15.3 Å². The third-order valence-electron chi connectivity index (χ3n) is 6.52. The first kappa shape index (κ1) is 29.9. The van der Waals surface area contributed by atoms with Crippen LogP contribution in [0.4, 0.5) is 37.7 Å². The van der Waals surface area contributed by atoms with Gasteiger partial charge in [-0.05, 0) is 68.6 Å². The van der Waals surface area contributed by atoms with E-state index < -0.39 is 29.8 Å². The number of nitrogens with zero attached hydrogens (tertiary/aromatic N) is 3. The van der Waals surface area contributed by atoms with Crippen LogP contribution in [-0.2, 0) is 15.8 Å². The third kappa shape index (κ3) is 8.44. The Morgan fingerprint density at radius 3 is 2.38 bits per heavy atom. The van der Waals surface area contributed by atoms with Gasteiger partial charge in [-0.2, -0.15) is 26.3 Å². The summed E-state index contributed by atoms with van der Waals surface area (Å²) in [4.78, 5) is 29.5. The molecular weight excluding hydrogens is 530 g/mol. The molecule has 0 saturated carbocycles. The zero-order valence-electron chi connectivity index (χ0n) is 21.0. The van der Waals surface area contributed by atoms with Gasteiger partial charge >= 0.3 is 18.3 Å². The van der Waals surface area contributed by atoms with Crippen LogP contribution in [0.25, 0.3) is 6.08 Å². The van der Waals surface area contributed by atoms with Crippen molar-refractivity contribution in [2.45, 2.75) is 50.6 Å². The molecule has 212 valence electrons. The lowest BCUT2D eigenvalue weighted by atomic mass is 10.1. The number of aliphatic carboxylic acids is 1. The van der Waals surface area contributed by atoms with E-state index in [-0.39, 0.29) is 5.69 Å². The van der Waals surface area contributed by atoms with Crippen molar-refractivity contribution >= 4 is 29.3 Å². The van der Waals surface area contributed by atoms with E-state index in [1.54, 1.807) is 30.6 Å². The Bertz CT molecular complexity index is 1170. The molecule has 1 aromatic heterocycles. The number of hydrogen-bond acceptors (Lipinski definition) is 5. The molecular formula is C26H28F6N4O3. The van der Waals surface area contributed by atoms with Crippen molar-refractivity contribution in [3.63, 3.8) is 0 Å². The van der Waals surface area contributed by atoms with Crippen LogP contribution < -0.4 is 10.2 Å². The Morgan fingerprint density at radius 2 is 1.82 bits per heavy atom. The second-order valence-corrected chi connectivity index (χ2v) is 9.26. The van der Waals surface area contributed by atoms with Crippen molar-refractivity contribution in [2.75, 3.05) is 29.9 Å². The van der Waals surface area contributed by atoms with Gasteiger partial charge in [0.2, 0.25) is 5.91 Å². The number of carboxylic acids is 1. The SMILES string of the molecule is CC1CCCN1C1CCN(c2ccc(NC(=O)/C=C/c3cccnc3)c(C(F)(F)F)c2)C1.O=C(O)C(F)(F)F. The number of halogens is 6. The summed E-state index contributed by atoms with van der Waals surface area (Å²) in [5.74, 6) is -3.39. The second-order valence-electron chi connectivity index (χ2n) is 9.26. The molecule has 2 unspecified atom stereocenters. The number of carboxylic acid groups (broad SMARTS) is 1. The number of anilines is 2. The van der Waals surface area contributed by atoms with Gasteiger partial charge in [-0.25, -0.2) is 4.79 Å². The molecule has 0 radical (unpaired) electrons. The standard InChI is InChI=1S/C24H27F3N4O.C2HF3O2/c1-17-4-3-12-31(17)20-10-13-30(16-20)19-7-8-22(21(14-19)24(25,26)27)29-23(32)9-6-18-5-2-11-28-15-18;3-2(4,5)1(6)7/h2,5-9,11,14-15,17,20H,3-4,10,12-13,16H2,1H3,(H,29,32);(H,6,7)/b9-6+;. The molecule has 2 atom stereocenters. The number of hydrogen-bond donors (Lipinski definition) is 2. The molecule has 0 spiro atoms. The molecule has 2 aromatic rings.